The van der Waals surface area contributed by atoms with E-state index in [1.54, 1.807) is 18.2 Å². The molecule has 0 fully saturated rings. The maximum absolute atomic E-state index is 13.1. The van der Waals surface area contributed by atoms with Gasteiger partial charge in [-0.05, 0) is 42.3 Å². The molecule has 0 aliphatic heterocycles. The maximum Gasteiger partial charge on any atom is 0.255 e. The second kappa shape index (κ2) is 10.1. The highest BCUT2D eigenvalue weighted by Crippen LogP contribution is 2.18. The largest absolute Gasteiger partial charge is 0.272 e. The lowest BCUT2D eigenvalue weighted by Gasteiger charge is -2.21. The Bertz CT molecular complexity index is 1150. The SMILES string of the molecule is Cc1ccc(CN(CC(=O)N/N=C/c2ccc(F)cc2)S(=O)(=O)c2ccccc2)cc1. The summed E-state index contributed by atoms with van der Waals surface area (Å²) < 4.78 is 40.3. The van der Waals surface area contributed by atoms with E-state index < -0.39 is 22.5 Å². The zero-order valence-corrected chi connectivity index (χ0v) is 17.7. The number of benzene rings is 3. The molecular formula is C23H22FN3O3S. The number of carbonyl (C=O) groups excluding carboxylic acids is 1. The molecule has 3 aromatic rings. The number of nitrogens with one attached hydrogen (secondary N) is 1. The molecule has 1 N–H and O–H groups in total. The van der Waals surface area contributed by atoms with Gasteiger partial charge in [0.2, 0.25) is 10.0 Å². The van der Waals surface area contributed by atoms with Crippen LogP contribution in [-0.4, -0.2) is 31.4 Å². The van der Waals surface area contributed by atoms with Crippen LogP contribution in [0.3, 0.4) is 0 Å². The fourth-order valence-electron chi connectivity index (χ4n) is 2.79. The van der Waals surface area contributed by atoms with Gasteiger partial charge in [-0.1, -0.05) is 60.2 Å². The van der Waals surface area contributed by atoms with Crippen LogP contribution in [0.5, 0.6) is 0 Å². The van der Waals surface area contributed by atoms with E-state index >= 15 is 0 Å². The Morgan fingerprint density at radius 1 is 1.00 bits per heavy atom. The van der Waals surface area contributed by atoms with Crippen molar-refractivity contribution in [2.24, 2.45) is 5.10 Å². The third-order valence-corrected chi connectivity index (χ3v) is 6.26. The number of hydrogen-bond acceptors (Lipinski definition) is 4. The number of halogens is 1. The molecule has 0 radical (unpaired) electrons. The molecule has 6 nitrogen and oxygen atoms in total. The van der Waals surface area contributed by atoms with Gasteiger partial charge in [0.05, 0.1) is 17.7 Å². The van der Waals surface area contributed by atoms with Crippen LogP contribution in [0.25, 0.3) is 0 Å². The van der Waals surface area contributed by atoms with Crippen molar-refractivity contribution in [1.82, 2.24) is 9.73 Å². The summed E-state index contributed by atoms with van der Waals surface area (Å²) in [7, 11) is -3.91. The molecule has 3 rings (SSSR count). The van der Waals surface area contributed by atoms with Crippen LogP contribution in [0, 0.1) is 12.7 Å². The molecule has 0 aliphatic rings. The average molecular weight is 440 g/mol. The lowest BCUT2D eigenvalue weighted by Crippen LogP contribution is -2.39. The molecule has 160 valence electrons. The Balaban J connectivity index is 1.76. The normalized spacial score (nSPS) is 11.7. The monoisotopic (exact) mass is 439 g/mol. The van der Waals surface area contributed by atoms with Crippen LogP contribution in [-0.2, 0) is 21.4 Å². The van der Waals surface area contributed by atoms with Crippen molar-refractivity contribution in [3.63, 3.8) is 0 Å². The third kappa shape index (κ3) is 6.31. The number of hydrogen-bond donors (Lipinski definition) is 1. The number of nitrogens with zero attached hydrogens (tertiary/aromatic N) is 2. The Hall–Kier alpha value is -3.36. The van der Waals surface area contributed by atoms with E-state index in [9.17, 15) is 17.6 Å². The molecule has 0 aromatic heterocycles. The molecule has 8 heteroatoms. The average Bonchev–Trinajstić information content (AvgIpc) is 2.77. The number of sulfonamides is 1. The van der Waals surface area contributed by atoms with E-state index in [0.29, 0.717) is 5.56 Å². The molecule has 0 unspecified atom stereocenters. The molecule has 0 saturated heterocycles. The smallest absolute Gasteiger partial charge is 0.255 e. The van der Waals surface area contributed by atoms with E-state index in [4.69, 9.17) is 0 Å². The topological polar surface area (TPSA) is 78.8 Å². The van der Waals surface area contributed by atoms with Crippen LogP contribution in [0.4, 0.5) is 4.39 Å². The summed E-state index contributed by atoms with van der Waals surface area (Å²) in [6.45, 7) is 1.56. The van der Waals surface area contributed by atoms with Gasteiger partial charge in [-0.3, -0.25) is 4.79 Å². The minimum atomic E-state index is -3.91. The lowest BCUT2D eigenvalue weighted by molar-refractivity contribution is -0.121. The van der Waals surface area contributed by atoms with Gasteiger partial charge < -0.3 is 0 Å². The molecule has 0 saturated carbocycles. The zero-order valence-electron chi connectivity index (χ0n) is 16.9. The first-order valence-corrected chi connectivity index (χ1v) is 11.0. The van der Waals surface area contributed by atoms with Gasteiger partial charge in [0.25, 0.3) is 5.91 Å². The lowest BCUT2D eigenvalue weighted by atomic mass is 10.1. The Labute approximate surface area is 181 Å². The maximum atomic E-state index is 13.1. The number of carbonyl (C=O) groups is 1. The van der Waals surface area contributed by atoms with Crippen molar-refractivity contribution in [3.8, 4) is 0 Å². The van der Waals surface area contributed by atoms with Crippen molar-refractivity contribution >= 4 is 22.1 Å². The van der Waals surface area contributed by atoms with Gasteiger partial charge in [-0.25, -0.2) is 18.2 Å². The highest BCUT2D eigenvalue weighted by molar-refractivity contribution is 7.89. The summed E-state index contributed by atoms with van der Waals surface area (Å²) in [5.41, 5.74) is 4.73. The van der Waals surface area contributed by atoms with Gasteiger partial charge in [0.15, 0.2) is 0 Å². The van der Waals surface area contributed by atoms with Gasteiger partial charge in [-0.2, -0.15) is 9.41 Å². The highest BCUT2D eigenvalue weighted by atomic mass is 32.2. The fourth-order valence-corrected chi connectivity index (χ4v) is 4.19. The Morgan fingerprint density at radius 2 is 1.65 bits per heavy atom. The van der Waals surface area contributed by atoms with Crippen molar-refractivity contribution in [2.75, 3.05) is 6.54 Å². The predicted octanol–water partition coefficient (Wildman–Crippen LogP) is 3.48. The minimum Gasteiger partial charge on any atom is -0.272 e. The van der Waals surface area contributed by atoms with Crippen molar-refractivity contribution in [3.05, 3.63) is 101 Å². The molecule has 31 heavy (non-hydrogen) atoms. The summed E-state index contributed by atoms with van der Waals surface area (Å²) in [5, 5.41) is 3.83. The molecule has 0 atom stereocenters. The predicted molar refractivity (Wildman–Crippen MR) is 117 cm³/mol. The van der Waals surface area contributed by atoms with Crippen molar-refractivity contribution in [1.29, 1.82) is 0 Å². The van der Waals surface area contributed by atoms with E-state index in [1.807, 2.05) is 31.2 Å². The Morgan fingerprint density at radius 3 is 2.29 bits per heavy atom. The van der Waals surface area contributed by atoms with Crippen LogP contribution in [0.15, 0.2) is 88.9 Å². The summed E-state index contributed by atoms with van der Waals surface area (Å²) in [6, 6.07) is 20.9. The van der Waals surface area contributed by atoms with E-state index in [-0.39, 0.29) is 17.3 Å². The first kappa shape index (κ1) is 22.3. The summed E-state index contributed by atoms with van der Waals surface area (Å²) in [5.74, 6) is -0.968. The first-order valence-electron chi connectivity index (χ1n) is 9.53. The van der Waals surface area contributed by atoms with Crippen molar-refractivity contribution < 1.29 is 17.6 Å². The third-order valence-electron chi connectivity index (χ3n) is 4.45. The molecule has 0 aliphatic carbocycles. The molecule has 0 heterocycles. The van der Waals surface area contributed by atoms with Gasteiger partial charge in [0, 0.05) is 6.54 Å². The van der Waals surface area contributed by atoms with Crippen LogP contribution in [0.1, 0.15) is 16.7 Å². The summed E-state index contributed by atoms with van der Waals surface area (Å²) in [4.78, 5) is 12.5. The summed E-state index contributed by atoms with van der Waals surface area (Å²) >= 11 is 0. The quantitative estimate of drug-likeness (QED) is 0.431. The number of rotatable bonds is 8. The second-order valence-electron chi connectivity index (χ2n) is 6.92. The van der Waals surface area contributed by atoms with Crippen LogP contribution in [0.2, 0.25) is 0 Å². The second-order valence-corrected chi connectivity index (χ2v) is 8.85. The van der Waals surface area contributed by atoms with Crippen LogP contribution >= 0.6 is 0 Å². The van der Waals surface area contributed by atoms with Crippen molar-refractivity contribution in [2.45, 2.75) is 18.4 Å². The van der Waals surface area contributed by atoms with E-state index in [0.717, 1.165) is 15.4 Å². The molecule has 3 aromatic carbocycles. The van der Waals surface area contributed by atoms with E-state index in [2.05, 4.69) is 10.5 Å². The van der Waals surface area contributed by atoms with Gasteiger partial charge in [-0.15, -0.1) is 0 Å². The zero-order chi connectivity index (χ0) is 22.3. The number of amides is 1. The number of hydrazone groups is 1. The fraction of sp³-hybridized carbons (Fsp3) is 0.130. The molecular weight excluding hydrogens is 417 g/mol. The minimum absolute atomic E-state index is 0.0343. The van der Waals surface area contributed by atoms with Gasteiger partial charge >= 0.3 is 0 Å². The van der Waals surface area contributed by atoms with Gasteiger partial charge in [0.1, 0.15) is 5.82 Å². The molecule has 0 bridgehead atoms. The standard InChI is InChI=1S/C23H22FN3O3S/c1-18-7-9-20(10-8-18)16-27(31(29,30)22-5-3-2-4-6-22)17-23(28)26-25-15-19-11-13-21(24)14-12-19/h2-15H,16-17H2,1H3,(H,26,28)/b25-15+. The van der Waals surface area contributed by atoms with E-state index in [1.165, 1.54) is 42.6 Å². The van der Waals surface area contributed by atoms with Crippen LogP contribution < -0.4 is 5.43 Å². The molecule has 1 amide bonds. The molecule has 0 spiro atoms. The first-order chi connectivity index (χ1) is 14.8. The number of aryl methyl sites for hydroxylation is 1. The Kier molecular flexibility index (Phi) is 7.28. The summed E-state index contributed by atoms with van der Waals surface area (Å²) in [6.07, 6.45) is 1.35. The highest BCUT2D eigenvalue weighted by Gasteiger charge is 2.26.